The summed E-state index contributed by atoms with van der Waals surface area (Å²) < 4.78 is 42.9. The normalized spacial score (nSPS) is 14.0. The molecule has 47 heavy (non-hydrogen) atoms. The van der Waals surface area contributed by atoms with Gasteiger partial charge in [0, 0.05) is 19.0 Å². The van der Waals surface area contributed by atoms with Crippen LogP contribution in [0.15, 0.2) is 102 Å². The molecule has 246 valence electrons. The van der Waals surface area contributed by atoms with Crippen LogP contribution in [0.1, 0.15) is 42.4 Å². The Hall–Kier alpha value is -3.92. The first-order chi connectivity index (χ1) is 22.5. The summed E-state index contributed by atoms with van der Waals surface area (Å²) >= 11 is 12.5. The Morgan fingerprint density at radius 3 is 2.17 bits per heavy atom. The van der Waals surface area contributed by atoms with Crippen molar-refractivity contribution in [3.63, 3.8) is 0 Å². The minimum Gasteiger partial charge on any atom is -0.352 e. The Bertz CT molecular complexity index is 1800. The van der Waals surface area contributed by atoms with Crippen molar-refractivity contribution in [2.24, 2.45) is 0 Å². The van der Waals surface area contributed by atoms with E-state index in [-0.39, 0.29) is 40.5 Å². The van der Waals surface area contributed by atoms with Crippen LogP contribution in [0.2, 0.25) is 10.0 Å². The lowest BCUT2D eigenvalue weighted by Crippen LogP contribution is -2.54. The van der Waals surface area contributed by atoms with Gasteiger partial charge in [0.25, 0.3) is 10.0 Å². The monoisotopic (exact) mass is 695 g/mol. The van der Waals surface area contributed by atoms with Gasteiger partial charge in [0.05, 0.1) is 20.6 Å². The number of amides is 2. The van der Waals surface area contributed by atoms with Crippen LogP contribution >= 0.6 is 23.2 Å². The lowest BCUT2D eigenvalue weighted by atomic mass is 10.0. The Morgan fingerprint density at radius 1 is 0.872 bits per heavy atom. The first-order valence-electron chi connectivity index (χ1n) is 15.4. The number of carbonyl (C=O) groups excluding carboxylic acids is 2. The largest absolute Gasteiger partial charge is 0.352 e. The first kappa shape index (κ1) is 34.4. The molecule has 11 heteroatoms. The maximum atomic E-state index is 14.6. The first-order valence-corrected chi connectivity index (χ1v) is 17.6. The van der Waals surface area contributed by atoms with Gasteiger partial charge in [-0.2, -0.15) is 0 Å². The van der Waals surface area contributed by atoms with Crippen molar-refractivity contribution in [2.45, 2.75) is 62.6 Å². The van der Waals surface area contributed by atoms with E-state index in [4.69, 9.17) is 23.2 Å². The molecule has 1 fully saturated rings. The molecule has 2 amide bonds. The number of anilines is 1. The molecule has 1 N–H and O–H groups in total. The van der Waals surface area contributed by atoms with E-state index in [1.54, 1.807) is 42.5 Å². The van der Waals surface area contributed by atoms with E-state index in [1.165, 1.54) is 4.90 Å². The molecule has 0 bridgehead atoms. The molecule has 0 aromatic heterocycles. The van der Waals surface area contributed by atoms with Crippen molar-refractivity contribution in [2.75, 3.05) is 10.8 Å². The van der Waals surface area contributed by atoms with Crippen molar-refractivity contribution in [3.8, 4) is 0 Å². The van der Waals surface area contributed by atoms with Crippen molar-refractivity contribution in [1.29, 1.82) is 0 Å². The summed E-state index contributed by atoms with van der Waals surface area (Å²) in [7, 11) is -4.34. The predicted molar refractivity (Wildman–Crippen MR) is 183 cm³/mol. The highest BCUT2D eigenvalue weighted by Crippen LogP contribution is 2.28. The van der Waals surface area contributed by atoms with Crippen molar-refractivity contribution >= 4 is 50.7 Å². The van der Waals surface area contributed by atoms with Crippen LogP contribution in [0, 0.1) is 12.7 Å². The lowest BCUT2D eigenvalue weighted by Gasteiger charge is -2.34. The predicted octanol–water partition coefficient (Wildman–Crippen LogP) is 7.34. The van der Waals surface area contributed by atoms with E-state index in [9.17, 15) is 22.4 Å². The number of nitrogens with zero attached hydrogens (tertiary/aromatic N) is 2. The maximum absolute atomic E-state index is 14.6. The third kappa shape index (κ3) is 8.71. The molecular weight excluding hydrogens is 660 g/mol. The van der Waals surface area contributed by atoms with Gasteiger partial charge >= 0.3 is 0 Å². The number of rotatable bonds is 12. The molecule has 0 unspecified atom stereocenters. The van der Waals surface area contributed by atoms with E-state index >= 15 is 0 Å². The second-order valence-corrected chi connectivity index (χ2v) is 14.4. The number of aryl methyl sites for hydroxylation is 1. The fraction of sp³-hybridized carbons (Fsp3) is 0.278. The van der Waals surface area contributed by atoms with E-state index < -0.39 is 34.3 Å². The summed E-state index contributed by atoms with van der Waals surface area (Å²) in [6, 6.07) is 24.5. The topological polar surface area (TPSA) is 86.8 Å². The zero-order chi connectivity index (χ0) is 33.6. The van der Waals surface area contributed by atoms with Crippen LogP contribution in [0.25, 0.3) is 0 Å². The lowest BCUT2D eigenvalue weighted by molar-refractivity contribution is -0.140. The van der Waals surface area contributed by atoms with Crippen molar-refractivity contribution in [1.82, 2.24) is 10.2 Å². The zero-order valence-electron chi connectivity index (χ0n) is 25.9. The van der Waals surface area contributed by atoms with Gasteiger partial charge in [-0.1, -0.05) is 90.1 Å². The van der Waals surface area contributed by atoms with Crippen LogP contribution in [-0.2, 0) is 32.6 Å². The average molecular weight is 697 g/mol. The molecule has 1 aliphatic carbocycles. The summed E-state index contributed by atoms with van der Waals surface area (Å²) in [6.45, 7) is 1.21. The molecule has 4 aromatic carbocycles. The molecule has 0 aliphatic heterocycles. The van der Waals surface area contributed by atoms with E-state index in [1.807, 2.05) is 37.3 Å². The van der Waals surface area contributed by atoms with Crippen molar-refractivity contribution in [3.05, 3.63) is 130 Å². The third-order valence-corrected chi connectivity index (χ3v) is 10.8. The fourth-order valence-electron chi connectivity index (χ4n) is 5.73. The van der Waals surface area contributed by atoms with Gasteiger partial charge < -0.3 is 10.2 Å². The van der Waals surface area contributed by atoms with E-state index in [0.717, 1.165) is 65.4 Å². The minimum absolute atomic E-state index is 0.00869. The quantitative estimate of drug-likeness (QED) is 0.168. The molecule has 1 atom stereocenters. The molecular formula is C36H36Cl2FN3O4S. The van der Waals surface area contributed by atoms with Crippen LogP contribution in [0.3, 0.4) is 0 Å². The molecule has 1 saturated carbocycles. The van der Waals surface area contributed by atoms with Gasteiger partial charge in [-0.05, 0) is 79.4 Å². The summed E-state index contributed by atoms with van der Waals surface area (Å²) in [5.74, 6) is -1.52. The smallest absolute Gasteiger partial charge is 0.264 e. The number of hydrogen-bond donors (Lipinski definition) is 1. The fourth-order valence-corrected chi connectivity index (χ4v) is 7.46. The number of halogens is 3. The van der Waals surface area contributed by atoms with Crippen LogP contribution < -0.4 is 9.62 Å². The Labute approximate surface area is 285 Å². The summed E-state index contributed by atoms with van der Waals surface area (Å²) in [4.78, 5) is 29.9. The molecule has 4 aromatic rings. The molecule has 0 radical (unpaired) electrons. The second kappa shape index (κ2) is 15.3. The number of hydrogen-bond acceptors (Lipinski definition) is 4. The summed E-state index contributed by atoms with van der Waals surface area (Å²) in [6.07, 6.45) is 3.91. The molecule has 0 saturated heterocycles. The zero-order valence-corrected chi connectivity index (χ0v) is 28.2. The molecule has 0 heterocycles. The Kier molecular flexibility index (Phi) is 11.2. The average Bonchev–Trinajstić information content (AvgIpc) is 3.57. The molecule has 5 rings (SSSR count). The third-order valence-electron chi connectivity index (χ3n) is 8.31. The highest BCUT2D eigenvalue weighted by molar-refractivity contribution is 7.92. The summed E-state index contributed by atoms with van der Waals surface area (Å²) in [5.41, 5.74) is 2.59. The van der Waals surface area contributed by atoms with Gasteiger partial charge in [-0.15, -0.1) is 0 Å². The highest BCUT2D eigenvalue weighted by atomic mass is 35.5. The Morgan fingerprint density at radius 2 is 1.53 bits per heavy atom. The molecule has 0 spiro atoms. The van der Waals surface area contributed by atoms with Gasteiger partial charge in [0.2, 0.25) is 11.8 Å². The van der Waals surface area contributed by atoms with Gasteiger partial charge in [0.1, 0.15) is 18.4 Å². The number of nitrogens with one attached hydrogen (secondary N) is 1. The number of sulfonamides is 1. The van der Waals surface area contributed by atoms with Crippen LogP contribution in [0.5, 0.6) is 0 Å². The SMILES string of the molecule is Cc1ccc(N(CC(=O)N(Cc2ccc(Cl)c(Cl)c2)[C@@H](Cc2ccccc2)C(=O)NC2CCCC2)S(=O)(=O)c2ccc(F)cc2)cc1. The summed E-state index contributed by atoms with van der Waals surface area (Å²) in [5, 5.41) is 3.77. The second-order valence-electron chi connectivity index (χ2n) is 11.8. The van der Waals surface area contributed by atoms with Crippen LogP contribution in [0.4, 0.5) is 10.1 Å². The molecule has 7 nitrogen and oxygen atoms in total. The number of benzene rings is 4. The maximum Gasteiger partial charge on any atom is 0.264 e. The number of carbonyl (C=O) groups is 2. The van der Waals surface area contributed by atoms with E-state index in [0.29, 0.717) is 10.6 Å². The van der Waals surface area contributed by atoms with Crippen molar-refractivity contribution < 1.29 is 22.4 Å². The van der Waals surface area contributed by atoms with Gasteiger partial charge in [-0.3, -0.25) is 13.9 Å². The highest BCUT2D eigenvalue weighted by Gasteiger charge is 2.35. The molecule has 1 aliphatic rings. The van der Waals surface area contributed by atoms with Gasteiger partial charge in [-0.25, -0.2) is 12.8 Å². The van der Waals surface area contributed by atoms with Crippen LogP contribution in [-0.4, -0.2) is 43.8 Å². The minimum atomic E-state index is -4.34. The standard InChI is InChI=1S/C36H36Cl2FN3O4S/c1-25-11-16-30(17-12-25)42(47(45,46)31-18-14-28(39)15-19-31)24-35(43)41(23-27-13-20-32(37)33(38)21-27)34(22-26-7-3-2-4-8-26)36(44)40-29-9-5-6-10-29/h2-4,7-8,11-21,29,34H,5-6,9-10,22-24H2,1H3,(H,40,44)/t34-/m0/s1. The van der Waals surface area contributed by atoms with E-state index in [2.05, 4.69) is 5.32 Å². The van der Waals surface area contributed by atoms with Gasteiger partial charge in [0.15, 0.2) is 0 Å². The Balaban J connectivity index is 1.57.